The minimum Gasteiger partial charge on any atom is -0.508 e. The molecule has 0 saturated heterocycles. The van der Waals surface area contributed by atoms with Crippen molar-refractivity contribution in [1.82, 2.24) is 0 Å². The van der Waals surface area contributed by atoms with Gasteiger partial charge >= 0.3 is 17.9 Å². The summed E-state index contributed by atoms with van der Waals surface area (Å²) >= 11 is 0. The Hall–Kier alpha value is -2.61. The summed E-state index contributed by atoms with van der Waals surface area (Å²) in [5.74, 6) is -4.18. The van der Waals surface area contributed by atoms with Crippen molar-refractivity contribution in [3.63, 3.8) is 0 Å². The van der Waals surface area contributed by atoms with E-state index in [0.29, 0.717) is 6.42 Å². The van der Waals surface area contributed by atoms with Gasteiger partial charge in [0.15, 0.2) is 5.92 Å². The molecule has 26 heavy (non-hydrogen) atoms. The van der Waals surface area contributed by atoms with Gasteiger partial charge in [0.25, 0.3) is 0 Å². The predicted octanol–water partition coefficient (Wildman–Crippen LogP) is 1.79. The quantitative estimate of drug-likeness (QED) is 0.437. The highest BCUT2D eigenvalue weighted by Gasteiger charge is 2.34. The van der Waals surface area contributed by atoms with E-state index in [1.54, 1.807) is 24.3 Å². The van der Waals surface area contributed by atoms with E-state index in [1.165, 1.54) is 20.8 Å². The number of aliphatic carboxylic acids is 2. The molecule has 0 aliphatic rings. The van der Waals surface area contributed by atoms with Crippen molar-refractivity contribution in [2.45, 2.75) is 52.2 Å². The number of carbonyl (C=O) groups excluding carboxylic acids is 1. The molecule has 8 nitrogen and oxygen atoms in total. The molecule has 0 radical (unpaired) electrons. The summed E-state index contributed by atoms with van der Waals surface area (Å²) in [6, 6.07) is 5.72. The zero-order chi connectivity index (χ0) is 21.2. The van der Waals surface area contributed by atoms with Crippen molar-refractivity contribution >= 4 is 17.9 Å². The highest BCUT2D eigenvalue weighted by atomic mass is 16.6. The number of hydrogen-bond acceptors (Lipinski definition) is 6. The van der Waals surface area contributed by atoms with Crippen LogP contribution in [0.4, 0.5) is 0 Å². The largest absolute Gasteiger partial charge is 0.508 e. The second kappa shape index (κ2) is 10.4. The number of nitrogens with two attached hydrogens (primary N) is 1. The van der Waals surface area contributed by atoms with Crippen LogP contribution in [0.3, 0.4) is 0 Å². The number of phenols is 1. The summed E-state index contributed by atoms with van der Waals surface area (Å²) in [4.78, 5) is 32.4. The minimum absolute atomic E-state index is 0.130. The zero-order valence-electron chi connectivity index (χ0n) is 16.1. The third-order valence-corrected chi connectivity index (χ3v) is 2.99. The second-order valence-corrected chi connectivity index (χ2v) is 6.42. The van der Waals surface area contributed by atoms with Crippen molar-refractivity contribution in [3.8, 4) is 5.75 Å². The molecule has 0 aliphatic heterocycles. The first-order valence-corrected chi connectivity index (χ1v) is 7.89. The number of benzene rings is 1. The van der Waals surface area contributed by atoms with Gasteiger partial charge in [0, 0.05) is 13.8 Å². The van der Waals surface area contributed by atoms with Crippen LogP contribution in [0.1, 0.15) is 41.0 Å². The number of carboxylic acid groups (broad SMARTS) is 2. The van der Waals surface area contributed by atoms with Crippen LogP contribution >= 0.6 is 0 Å². The molecule has 5 N–H and O–H groups in total. The normalized spacial score (nSPS) is 13.5. The van der Waals surface area contributed by atoms with Crippen LogP contribution in [0.15, 0.2) is 24.3 Å². The summed E-state index contributed by atoms with van der Waals surface area (Å²) in [6.45, 7) is 4.37. The lowest BCUT2D eigenvalue weighted by Crippen LogP contribution is -2.42. The summed E-state index contributed by atoms with van der Waals surface area (Å²) in [5, 5.41) is 26.1. The number of aromatic hydroxyl groups is 1. The van der Waals surface area contributed by atoms with Crippen molar-refractivity contribution in [2.75, 3.05) is 0 Å². The number of ether oxygens (including phenoxy) is 1. The second-order valence-electron chi connectivity index (χ2n) is 6.42. The lowest BCUT2D eigenvalue weighted by molar-refractivity contribution is -0.167. The molecule has 1 aromatic rings. The number of rotatable bonds is 6. The van der Waals surface area contributed by atoms with E-state index in [4.69, 9.17) is 27.2 Å². The molecule has 1 aromatic carbocycles. The molecular formula is C18H27NO7. The van der Waals surface area contributed by atoms with Gasteiger partial charge < -0.3 is 25.8 Å². The van der Waals surface area contributed by atoms with Crippen LogP contribution in [0.2, 0.25) is 0 Å². The summed E-state index contributed by atoms with van der Waals surface area (Å²) < 4.78 is 12.0. The summed E-state index contributed by atoms with van der Waals surface area (Å²) in [6.07, 6.45) is 0.639. The van der Waals surface area contributed by atoms with Crippen LogP contribution < -0.4 is 5.73 Å². The standard InChI is InChI=1S/C9H17NO4.C9H10O3/c1-5(10)6(7(11)12)8(13)14-9(2,3)4;10-8-4-1-7(2-5-8)3-6-9(11)12/h5-6H,10H2,1-4H3,(H,11,12);1-2,4-5,10H,3,6H2,(H,11,12)/i2D;. The Balaban J connectivity index is 0.000000511. The molecule has 2 unspecified atom stereocenters. The number of hydrogen-bond donors (Lipinski definition) is 4. The minimum atomic E-state index is -1.38. The molecule has 8 heteroatoms. The molecule has 1 rings (SSSR count). The van der Waals surface area contributed by atoms with Crippen LogP contribution in [-0.4, -0.2) is 44.9 Å². The smallest absolute Gasteiger partial charge is 0.322 e. The van der Waals surface area contributed by atoms with E-state index in [1.807, 2.05) is 0 Å². The lowest BCUT2D eigenvalue weighted by Gasteiger charge is -2.23. The Bertz CT molecular complexity index is 629. The average molecular weight is 370 g/mol. The molecule has 2 atom stereocenters. The van der Waals surface area contributed by atoms with Crippen LogP contribution in [0, 0.1) is 5.92 Å². The van der Waals surface area contributed by atoms with Gasteiger partial charge in [-0.05, 0) is 51.8 Å². The molecule has 146 valence electrons. The maximum absolute atomic E-state index is 11.4. The maximum atomic E-state index is 11.4. The Morgan fingerprint density at radius 1 is 1.23 bits per heavy atom. The van der Waals surface area contributed by atoms with Crippen LogP contribution in [0.5, 0.6) is 5.75 Å². The van der Waals surface area contributed by atoms with Crippen LogP contribution in [-0.2, 0) is 25.5 Å². The van der Waals surface area contributed by atoms with Crippen LogP contribution in [0.25, 0.3) is 0 Å². The fourth-order valence-corrected chi connectivity index (χ4v) is 1.79. The van der Waals surface area contributed by atoms with Gasteiger partial charge in [-0.3, -0.25) is 14.4 Å². The molecule has 0 amide bonds. The van der Waals surface area contributed by atoms with Gasteiger partial charge in [-0.15, -0.1) is 0 Å². The van der Waals surface area contributed by atoms with E-state index >= 15 is 0 Å². The van der Waals surface area contributed by atoms with E-state index in [-0.39, 0.29) is 19.1 Å². The zero-order valence-corrected chi connectivity index (χ0v) is 15.1. The van der Waals surface area contributed by atoms with Crippen molar-refractivity contribution in [1.29, 1.82) is 0 Å². The first-order chi connectivity index (χ1) is 12.4. The number of aryl methyl sites for hydroxylation is 1. The molecular weight excluding hydrogens is 342 g/mol. The van der Waals surface area contributed by atoms with Gasteiger partial charge in [-0.25, -0.2) is 0 Å². The van der Waals surface area contributed by atoms with E-state index < -0.39 is 35.5 Å². The molecule has 0 fully saturated rings. The Morgan fingerprint density at radius 3 is 2.15 bits per heavy atom. The van der Waals surface area contributed by atoms with Crippen molar-refractivity contribution < 1.29 is 35.8 Å². The van der Waals surface area contributed by atoms with E-state index in [2.05, 4.69) is 0 Å². The third-order valence-electron chi connectivity index (χ3n) is 2.99. The predicted molar refractivity (Wildman–Crippen MR) is 94.7 cm³/mol. The summed E-state index contributed by atoms with van der Waals surface area (Å²) in [7, 11) is 0. The Morgan fingerprint density at radius 2 is 1.77 bits per heavy atom. The first-order valence-electron chi connectivity index (χ1n) is 8.60. The fourth-order valence-electron chi connectivity index (χ4n) is 1.79. The van der Waals surface area contributed by atoms with Crippen molar-refractivity contribution in [2.24, 2.45) is 11.7 Å². The number of carbonyl (C=O) groups is 3. The van der Waals surface area contributed by atoms with Gasteiger partial charge in [0.2, 0.25) is 0 Å². The van der Waals surface area contributed by atoms with Crippen molar-refractivity contribution in [3.05, 3.63) is 29.8 Å². The number of carboxylic acids is 2. The maximum Gasteiger partial charge on any atom is 0.322 e. The van der Waals surface area contributed by atoms with Gasteiger partial charge in [0.1, 0.15) is 11.4 Å². The molecule has 0 saturated carbocycles. The SMILES string of the molecule is O=C(O)CCc1ccc(O)cc1.[2H]CC(C)(C)OC(=O)C(C(=O)O)C(C)N. The molecule has 0 aromatic heterocycles. The van der Waals surface area contributed by atoms with E-state index in [9.17, 15) is 14.4 Å². The lowest BCUT2D eigenvalue weighted by atomic mass is 10.0. The van der Waals surface area contributed by atoms with E-state index in [0.717, 1.165) is 5.56 Å². The summed E-state index contributed by atoms with van der Waals surface area (Å²) in [5.41, 5.74) is 5.31. The van der Waals surface area contributed by atoms with Gasteiger partial charge in [0.05, 0.1) is 0 Å². The third kappa shape index (κ3) is 10.3. The Labute approximate surface area is 154 Å². The average Bonchev–Trinajstić information content (AvgIpc) is 2.53. The Kier molecular flexibility index (Phi) is 8.57. The first kappa shape index (κ1) is 21.4. The highest BCUT2D eigenvalue weighted by Crippen LogP contribution is 2.13. The van der Waals surface area contributed by atoms with Gasteiger partial charge in [-0.1, -0.05) is 12.1 Å². The number of phenolic OH excluding ortho intramolecular Hbond substituents is 1. The topological polar surface area (TPSA) is 147 Å². The molecule has 0 bridgehead atoms. The fraction of sp³-hybridized carbons (Fsp3) is 0.500. The monoisotopic (exact) mass is 370 g/mol. The number of esters is 1. The molecule has 0 heterocycles. The van der Waals surface area contributed by atoms with Gasteiger partial charge in [-0.2, -0.15) is 0 Å². The highest BCUT2D eigenvalue weighted by molar-refractivity contribution is 5.94. The molecule has 0 aliphatic carbocycles. The molecule has 0 spiro atoms.